The van der Waals surface area contributed by atoms with E-state index >= 15 is 0 Å². The number of nitrogen functional groups attached to an aromatic ring is 1. The van der Waals surface area contributed by atoms with Crippen molar-refractivity contribution in [2.45, 2.75) is 38.6 Å². The second kappa shape index (κ2) is 4.99. The lowest BCUT2D eigenvalue weighted by Crippen LogP contribution is -2.20. The first-order valence-electron chi connectivity index (χ1n) is 5.73. The molecule has 1 aliphatic rings. The standard InChI is InChI=1S/C11H17BrN4/c1-2-8(5-7-3-4-7)15-10-9(12)6-14-11(13)16-10/h6-8H,2-5H2,1H3,(H3,13,14,15,16). The van der Waals surface area contributed by atoms with E-state index in [-0.39, 0.29) is 0 Å². The van der Waals surface area contributed by atoms with Crippen LogP contribution in [0, 0.1) is 5.92 Å². The molecule has 88 valence electrons. The van der Waals surface area contributed by atoms with Crippen LogP contribution in [0.25, 0.3) is 0 Å². The van der Waals surface area contributed by atoms with Crippen molar-refractivity contribution in [3.05, 3.63) is 10.7 Å². The van der Waals surface area contributed by atoms with Gasteiger partial charge in [-0.25, -0.2) is 4.98 Å². The zero-order valence-electron chi connectivity index (χ0n) is 9.41. The number of hydrogen-bond acceptors (Lipinski definition) is 4. The molecule has 5 heteroatoms. The molecule has 2 rings (SSSR count). The third-order valence-electron chi connectivity index (χ3n) is 2.91. The van der Waals surface area contributed by atoms with Gasteiger partial charge in [0.1, 0.15) is 5.82 Å². The van der Waals surface area contributed by atoms with Gasteiger partial charge >= 0.3 is 0 Å². The molecule has 1 aliphatic carbocycles. The predicted octanol–water partition coefficient (Wildman–Crippen LogP) is 2.81. The number of nitrogens with zero attached hydrogens (tertiary/aromatic N) is 2. The minimum absolute atomic E-state index is 0.312. The molecule has 1 aromatic rings. The molecule has 16 heavy (non-hydrogen) atoms. The summed E-state index contributed by atoms with van der Waals surface area (Å²) in [4.78, 5) is 8.12. The van der Waals surface area contributed by atoms with Gasteiger partial charge in [-0.3, -0.25) is 0 Å². The van der Waals surface area contributed by atoms with Gasteiger partial charge in [0.15, 0.2) is 0 Å². The van der Waals surface area contributed by atoms with E-state index < -0.39 is 0 Å². The Balaban J connectivity index is 2.01. The Kier molecular flexibility index (Phi) is 3.63. The van der Waals surface area contributed by atoms with Crippen LogP contribution < -0.4 is 11.1 Å². The van der Waals surface area contributed by atoms with Crippen LogP contribution in [0.15, 0.2) is 10.7 Å². The number of nitrogens with one attached hydrogen (secondary N) is 1. The second-order valence-electron chi connectivity index (χ2n) is 4.35. The van der Waals surface area contributed by atoms with Crippen molar-refractivity contribution < 1.29 is 0 Å². The highest BCUT2D eigenvalue weighted by atomic mass is 79.9. The average molecular weight is 285 g/mol. The molecule has 0 aliphatic heterocycles. The van der Waals surface area contributed by atoms with Crippen LogP contribution in [0.1, 0.15) is 32.6 Å². The quantitative estimate of drug-likeness (QED) is 0.873. The smallest absolute Gasteiger partial charge is 0.221 e. The molecule has 1 atom stereocenters. The summed E-state index contributed by atoms with van der Waals surface area (Å²) in [7, 11) is 0. The third-order valence-corrected chi connectivity index (χ3v) is 3.49. The zero-order chi connectivity index (χ0) is 11.5. The molecule has 1 heterocycles. The number of aromatic nitrogens is 2. The molecule has 1 fully saturated rings. The fraction of sp³-hybridized carbons (Fsp3) is 0.636. The summed E-state index contributed by atoms with van der Waals surface area (Å²) in [6.45, 7) is 2.19. The van der Waals surface area contributed by atoms with Gasteiger partial charge in [-0.05, 0) is 34.7 Å². The maximum absolute atomic E-state index is 5.58. The zero-order valence-corrected chi connectivity index (χ0v) is 11.0. The summed E-state index contributed by atoms with van der Waals surface area (Å²) in [6, 6.07) is 0.484. The first-order chi connectivity index (χ1) is 7.69. The van der Waals surface area contributed by atoms with E-state index in [1.165, 1.54) is 19.3 Å². The molecule has 0 spiro atoms. The van der Waals surface area contributed by atoms with Crippen molar-refractivity contribution in [1.82, 2.24) is 9.97 Å². The van der Waals surface area contributed by atoms with Gasteiger partial charge in [0.05, 0.1) is 4.47 Å². The summed E-state index contributed by atoms with van der Waals surface area (Å²) in [6.07, 6.45) is 6.78. The van der Waals surface area contributed by atoms with Crippen molar-refractivity contribution in [2.75, 3.05) is 11.1 Å². The van der Waals surface area contributed by atoms with Crippen LogP contribution in [-0.4, -0.2) is 16.0 Å². The van der Waals surface area contributed by atoms with E-state index in [0.717, 1.165) is 22.6 Å². The first-order valence-corrected chi connectivity index (χ1v) is 6.53. The lowest BCUT2D eigenvalue weighted by molar-refractivity contribution is 0.585. The Morgan fingerprint density at radius 3 is 3.00 bits per heavy atom. The van der Waals surface area contributed by atoms with Crippen LogP contribution in [0.4, 0.5) is 11.8 Å². The number of nitrogens with two attached hydrogens (primary N) is 1. The van der Waals surface area contributed by atoms with Crippen LogP contribution in [0.5, 0.6) is 0 Å². The van der Waals surface area contributed by atoms with Gasteiger partial charge in [0.2, 0.25) is 5.95 Å². The van der Waals surface area contributed by atoms with Gasteiger partial charge in [-0.15, -0.1) is 0 Å². The van der Waals surface area contributed by atoms with Crippen molar-refractivity contribution in [2.24, 2.45) is 5.92 Å². The predicted molar refractivity (Wildman–Crippen MR) is 69.2 cm³/mol. The summed E-state index contributed by atoms with van der Waals surface area (Å²) in [5, 5.41) is 3.43. The van der Waals surface area contributed by atoms with E-state index in [4.69, 9.17) is 5.73 Å². The topological polar surface area (TPSA) is 63.8 Å². The normalized spacial score (nSPS) is 17.1. The molecule has 1 saturated carbocycles. The molecular weight excluding hydrogens is 268 g/mol. The van der Waals surface area contributed by atoms with Crippen LogP contribution in [0.2, 0.25) is 0 Å². The highest BCUT2D eigenvalue weighted by Crippen LogP contribution is 2.35. The van der Waals surface area contributed by atoms with Gasteiger partial charge in [-0.1, -0.05) is 19.8 Å². The maximum atomic E-state index is 5.58. The first kappa shape index (κ1) is 11.6. The Morgan fingerprint density at radius 1 is 1.62 bits per heavy atom. The monoisotopic (exact) mass is 284 g/mol. The van der Waals surface area contributed by atoms with E-state index in [1.54, 1.807) is 6.20 Å². The molecule has 0 aromatic carbocycles. The highest BCUT2D eigenvalue weighted by molar-refractivity contribution is 9.10. The highest BCUT2D eigenvalue weighted by Gasteiger charge is 2.25. The van der Waals surface area contributed by atoms with Gasteiger partial charge < -0.3 is 11.1 Å². The molecule has 4 nitrogen and oxygen atoms in total. The molecule has 0 radical (unpaired) electrons. The number of anilines is 2. The maximum Gasteiger partial charge on any atom is 0.221 e. The Hall–Kier alpha value is -0.840. The third kappa shape index (κ3) is 3.07. The van der Waals surface area contributed by atoms with Gasteiger partial charge in [0, 0.05) is 12.2 Å². The van der Waals surface area contributed by atoms with E-state index in [2.05, 4.69) is 38.1 Å². The summed E-state index contributed by atoms with van der Waals surface area (Å²) >= 11 is 3.43. The summed E-state index contributed by atoms with van der Waals surface area (Å²) in [5.41, 5.74) is 5.58. The average Bonchev–Trinajstić information content (AvgIpc) is 3.06. The Bertz CT molecular complexity index is 365. The van der Waals surface area contributed by atoms with Gasteiger partial charge in [0.25, 0.3) is 0 Å². The summed E-state index contributed by atoms with van der Waals surface area (Å²) < 4.78 is 0.871. The molecule has 1 unspecified atom stereocenters. The van der Waals surface area contributed by atoms with Crippen molar-refractivity contribution in [3.8, 4) is 0 Å². The minimum atomic E-state index is 0.312. The SMILES string of the molecule is CCC(CC1CC1)Nc1nc(N)ncc1Br. The van der Waals surface area contributed by atoms with Crippen LogP contribution in [-0.2, 0) is 0 Å². The largest absolute Gasteiger partial charge is 0.368 e. The van der Waals surface area contributed by atoms with E-state index in [0.29, 0.717) is 12.0 Å². The minimum Gasteiger partial charge on any atom is -0.368 e. The fourth-order valence-electron chi connectivity index (χ4n) is 1.76. The van der Waals surface area contributed by atoms with Gasteiger partial charge in [-0.2, -0.15) is 4.98 Å². The van der Waals surface area contributed by atoms with Crippen molar-refractivity contribution >= 4 is 27.7 Å². The number of rotatable bonds is 5. The molecule has 3 N–H and O–H groups in total. The van der Waals surface area contributed by atoms with Crippen LogP contribution in [0.3, 0.4) is 0 Å². The van der Waals surface area contributed by atoms with Crippen molar-refractivity contribution in [3.63, 3.8) is 0 Å². The van der Waals surface area contributed by atoms with Crippen LogP contribution >= 0.6 is 15.9 Å². The lowest BCUT2D eigenvalue weighted by Gasteiger charge is -2.18. The van der Waals surface area contributed by atoms with E-state index in [1.807, 2.05) is 0 Å². The fourth-order valence-corrected chi connectivity index (χ4v) is 2.06. The number of hydrogen-bond donors (Lipinski definition) is 2. The molecule has 0 bridgehead atoms. The van der Waals surface area contributed by atoms with Crippen molar-refractivity contribution in [1.29, 1.82) is 0 Å². The molecule has 0 amide bonds. The van der Waals surface area contributed by atoms with E-state index in [9.17, 15) is 0 Å². The second-order valence-corrected chi connectivity index (χ2v) is 5.21. The Morgan fingerprint density at radius 2 is 2.38 bits per heavy atom. The Labute approximate surface area is 104 Å². The lowest BCUT2D eigenvalue weighted by atomic mass is 10.1. The number of halogens is 1. The molecule has 0 saturated heterocycles. The molecule has 1 aromatic heterocycles. The molecular formula is C11H17BrN4. The summed E-state index contributed by atoms with van der Waals surface area (Å²) in [5.74, 6) is 2.03.